The van der Waals surface area contributed by atoms with E-state index in [1.807, 2.05) is 36.4 Å². The maximum absolute atomic E-state index is 10.7. The van der Waals surface area contributed by atoms with Crippen molar-refractivity contribution >= 4 is 17.3 Å². The van der Waals surface area contributed by atoms with Crippen LogP contribution in [0, 0.1) is 0 Å². The minimum atomic E-state index is -0.388. The first-order chi connectivity index (χ1) is 14.0. The van der Waals surface area contributed by atoms with Gasteiger partial charge in [-0.25, -0.2) is 0 Å². The van der Waals surface area contributed by atoms with Crippen molar-refractivity contribution in [3.63, 3.8) is 0 Å². The second kappa shape index (κ2) is 9.64. The molecular weight excluding hydrogens is 384 g/mol. The molecule has 0 spiro atoms. The number of ether oxygens (including phenoxy) is 1. The van der Waals surface area contributed by atoms with Crippen LogP contribution in [0.25, 0.3) is 0 Å². The van der Waals surface area contributed by atoms with E-state index in [4.69, 9.17) is 21.3 Å². The van der Waals surface area contributed by atoms with Gasteiger partial charge in [-0.05, 0) is 43.5 Å². The molecule has 4 nitrogen and oxygen atoms in total. The molecule has 0 saturated heterocycles. The van der Waals surface area contributed by atoms with E-state index in [1.165, 1.54) is 19.3 Å². The van der Waals surface area contributed by atoms with Crippen molar-refractivity contribution in [1.29, 1.82) is 0 Å². The zero-order valence-electron chi connectivity index (χ0n) is 17.5. The molecule has 156 valence electrons. The number of phenols is 1. The molecule has 0 aliphatic carbocycles. The van der Waals surface area contributed by atoms with E-state index in [0.717, 1.165) is 29.7 Å². The van der Waals surface area contributed by atoms with Crippen molar-refractivity contribution in [3.05, 3.63) is 58.6 Å². The first-order valence-corrected chi connectivity index (χ1v) is 10.8. The monoisotopic (exact) mass is 414 g/mol. The van der Waals surface area contributed by atoms with Crippen molar-refractivity contribution in [2.75, 3.05) is 7.11 Å². The van der Waals surface area contributed by atoms with Gasteiger partial charge in [0.05, 0.1) is 7.11 Å². The topological polar surface area (TPSA) is 53.9 Å². The van der Waals surface area contributed by atoms with E-state index in [1.54, 1.807) is 13.2 Å². The molecule has 2 aromatic rings. The summed E-state index contributed by atoms with van der Waals surface area (Å²) in [7, 11) is 1.57. The first-order valence-electron chi connectivity index (χ1n) is 10.4. The number of aliphatic imine (C=N–C) groups is 1. The highest BCUT2D eigenvalue weighted by atomic mass is 35.5. The molecule has 1 heterocycles. The molecule has 0 aromatic heterocycles. The minimum Gasteiger partial charge on any atom is -0.504 e. The quantitative estimate of drug-likeness (QED) is 0.501. The molecule has 0 fully saturated rings. The molecule has 2 aromatic carbocycles. The first kappa shape index (κ1) is 21.7. The number of nitrogens with one attached hydrogen (secondary N) is 1. The molecule has 0 saturated carbocycles. The molecule has 2 N–H and O–H groups in total. The standard InChI is InChI=1S/C24H31ClN2O2/c1-4-5-6-7-15-24(2)26-20(17-11-13-18(25)14-12-17)16-21(27-24)19-9-8-10-22(29-3)23(19)28/h8-14,21,27-28H,4-7,15-16H2,1-3H3/t21-,24-/m1/s1. The van der Waals surface area contributed by atoms with Crippen LogP contribution >= 0.6 is 11.6 Å². The van der Waals surface area contributed by atoms with E-state index < -0.39 is 0 Å². The molecule has 1 aliphatic heterocycles. The van der Waals surface area contributed by atoms with Crippen molar-refractivity contribution in [1.82, 2.24) is 5.32 Å². The fourth-order valence-corrected chi connectivity index (χ4v) is 4.14. The van der Waals surface area contributed by atoms with Gasteiger partial charge in [-0.3, -0.25) is 10.3 Å². The van der Waals surface area contributed by atoms with Gasteiger partial charge in [0, 0.05) is 28.8 Å². The van der Waals surface area contributed by atoms with Crippen LogP contribution in [0.3, 0.4) is 0 Å². The summed E-state index contributed by atoms with van der Waals surface area (Å²) in [5.41, 5.74) is 2.56. The molecule has 0 bridgehead atoms. The lowest BCUT2D eigenvalue weighted by molar-refractivity contribution is 0.275. The number of rotatable bonds is 8. The fourth-order valence-electron chi connectivity index (χ4n) is 4.02. The second-order valence-corrected chi connectivity index (χ2v) is 8.39. The molecule has 0 amide bonds. The van der Waals surface area contributed by atoms with E-state index >= 15 is 0 Å². The zero-order chi connectivity index (χ0) is 20.9. The average Bonchev–Trinajstić information content (AvgIpc) is 2.71. The maximum atomic E-state index is 10.7. The highest BCUT2D eigenvalue weighted by Crippen LogP contribution is 2.39. The van der Waals surface area contributed by atoms with E-state index in [2.05, 4.69) is 19.2 Å². The minimum absolute atomic E-state index is 0.0514. The summed E-state index contributed by atoms with van der Waals surface area (Å²) in [6.45, 7) is 4.37. The Morgan fingerprint density at radius 3 is 2.62 bits per heavy atom. The van der Waals surface area contributed by atoms with Crippen LogP contribution < -0.4 is 10.1 Å². The fraction of sp³-hybridized carbons (Fsp3) is 0.458. The molecule has 5 heteroatoms. The van der Waals surface area contributed by atoms with E-state index in [0.29, 0.717) is 17.2 Å². The molecule has 0 radical (unpaired) electrons. The maximum Gasteiger partial charge on any atom is 0.162 e. The number of halogens is 1. The molecule has 2 atom stereocenters. The SMILES string of the molecule is CCCCCC[C@]1(C)N=C(c2ccc(Cl)cc2)C[C@H](c2cccc(OC)c2O)N1. The number of phenolic OH excluding ortho intramolecular Hbond substituents is 1. The predicted octanol–water partition coefficient (Wildman–Crippen LogP) is 6.26. The molecule has 3 rings (SSSR count). The summed E-state index contributed by atoms with van der Waals surface area (Å²) < 4.78 is 5.32. The number of aromatic hydroxyl groups is 1. The van der Waals surface area contributed by atoms with Crippen molar-refractivity contribution in [2.45, 2.75) is 64.1 Å². The Labute approximate surface area is 179 Å². The Morgan fingerprint density at radius 2 is 1.93 bits per heavy atom. The number of unbranched alkanes of at least 4 members (excludes halogenated alkanes) is 3. The van der Waals surface area contributed by atoms with E-state index in [9.17, 15) is 5.11 Å². The predicted molar refractivity (Wildman–Crippen MR) is 120 cm³/mol. The Morgan fingerprint density at radius 1 is 1.17 bits per heavy atom. The lowest BCUT2D eigenvalue weighted by atomic mass is 9.90. The van der Waals surface area contributed by atoms with Crippen LogP contribution in [-0.2, 0) is 0 Å². The molecule has 29 heavy (non-hydrogen) atoms. The number of para-hydroxylation sites is 1. The number of hydrogen-bond donors (Lipinski definition) is 2. The van der Waals surface area contributed by atoms with Crippen molar-refractivity contribution < 1.29 is 9.84 Å². The third-order valence-corrected chi connectivity index (χ3v) is 5.84. The van der Waals surface area contributed by atoms with Gasteiger partial charge in [-0.1, -0.05) is 62.1 Å². The Hall–Kier alpha value is -2.04. The number of benzene rings is 2. The van der Waals surface area contributed by atoms with Crippen molar-refractivity contribution in [3.8, 4) is 11.5 Å². The third-order valence-electron chi connectivity index (χ3n) is 5.58. The van der Waals surface area contributed by atoms with Gasteiger partial charge in [0.1, 0.15) is 5.66 Å². The van der Waals surface area contributed by atoms with Crippen LogP contribution in [0.1, 0.15) is 69.5 Å². The summed E-state index contributed by atoms with van der Waals surface area (Å²) >= 11 is 6.08. The largest absolute Gasteiger partial charge is 0.504 e. The second-order valence-electron chi connectivity index (χ2n) is 7.95. The van der Waals surface area contributed by atoms with Gasteiger partial charge in [-0.2, -0.15) is 0 Å². The highest BCUT2D eigenvalue weighted by molar-refractivity contribution is 6.30. The molecule has 1 aliphatic rings. The Bertz CT molecular complexity index is 850. The van der Waals surface area contributed by atoms with Gasteiger partial charge in [0.2, 0.25) is 0 Å². The summed E-state index contributed by atoms with van der Waals surface area (Å²) in [4.78, 5) is 5.11. The van der Waals surface area contributed by atoms with Crippen LogP contribution in [0.4, 0.5) is 0 Å². The summed E-state index contributed by atoms with van der Waals surface area (Å²) in [5.74, 6) is 0.683. The van der Waals surface area contributed by atoms with Gasteiger partial charge in [-0.15, -0.1) is 0 Å². The normalized spacial score (nSPS) is 21.7. The lowest BCUT2D eigenvalue weighted by Crippen LogP contribution is -2.47. The number of hydrogen-bond acceptors (Lipinski definition) is 4. The highest BCUT2D eigenvalue weighted by Gasteiger charge is 2.34. The van der Waals surface area contributed by atoms with Crippen LogP contribution in [0.15, 0.2) is 47.5 Å². The van der Waals surface area contributed by atoms with Gasteiger partial charge in [0.25, 0.3) is 0 Å². The van der Waals surface area contributed by atoms with Gasteiger partial charge >= 0.3 is 0 Å². The number of methoxy groups -OCH3 is 1. The number of nitrogens with zero attached hydrogens (tertiary/aromatic N) is 1. The van der Waals surface area contributed by atoms with Crippen LogP contribution in [-0.4, -0.2) is 23.6 Å². The zero-order valence-corrected chi connectivity index (χ0v) is 18.3. The summed E-state index contributed by atoms with van der Waals surface area (Å²) in [6.07, 6.45) is 6.41. The smallest absolute Gasteiger partial charge is 0.162 e. The molecular formula is C24H31ClN2O2. The van der Waals surface area contributed by atoms with Gasteiger partial charge < -0.3 is 9.84 Å². The molecule has 0 unspecified atom stereocenters. The lowest BCUT2D eigenvalue weighted by Gasteiger charge is -2.38. The summed E-state index contributed by atoms with van der Waals surface area (Å²) in [5, 5.41) is 15.1. The van der Waals surface area contributed by atoms with Crippen LogP contribution in [0.5, 0.6) is 11.5 Å². The van der Waals surface area contributed by atoms with E-state index in [-0.39, 0.29) is 17.5 Å². The van der Waals surface area contributed by atoms with Crippen molar-refractivity contribution in [2.24, 2.45) is 4.99 Å². The Balaban J connectivity index is 1.93. The van der Waals surface area contributed by atoms with Gasteiger partial charge in [0.15, 0.2) is 11.5 Å². The van der Waals surface area contributed by atoms with Crippen LogP contribution in [0.2, 0.25) is 5.02 Å². The third kappa shape index (κ3) is 5.31. The Kier molecular flexibility index (Phi) is 7.20. The summed E-state index contributed by atoms with van der Waals surface area (Å²) in [6, 6.07) is 13.4. The average molecular weight is 415 g/mol.